The molecule has 0 aliphatic heterocycles. The zero-order chi connectivity index (χ0) is 10.6. The third kappa shape index (κ3) is 8.52. The van der Waals surface area contributed by atoms with Crippen molar-refractivity contribution in [2.24, 2.45) is 0 Å². The van der Waals surface area contributed by atoms with E-state index in [-0.39, 0.29) is 0 Å². The van der Waals surface area contributed by atoms with Gasteiger partial charge in [0, 0.05) is 19.6 Å². The monoisotopic (exact) mass is 199 g/mol. The predicted molar refractivity (Wildman–Crippen MR) is 61.4 cm³/mol. The van der Waals surface area contributed by atoms with Crippen molar-refractivity contribution in [3.63, 3.8) is 0 Å². The Morgan fingerprint density at radius 2 is 1.86 bits per heavy atom. The molecule has 2 nitrogen and oxygen atoms in total. The van der Waals surface area contributed by atoms with Crippen LogP contribution in [0.15, 0.2) is 0 Å². The molecule has 0 atom stereocenters. The van der Waals surface area contributed by atoms with Gasteiger partial charge in [-0.2, -0.15) is 0 Å². The zero-order valence-electron chi connectivity index (χ0n) is 10.0. The molecule has 0 aliphatic rings. The first-order chi connectivity index (χ1) is 6.85. The van der Waals surface area contributed by atoms with Crippen molar-refractivity contribution in [2.45, 2.75) is 40.0 Å². The highest BCUT2D eigenvalue weighted by atomic mass is 16.5. The number of hydrogen-bond donors (Lipinski definition) is 0. The Hall–Kier alpha value is -0.0800. The first kappa shape index (κ1) is 13.9. The fourth-order valence-corrected chi connectivity index (χ4v) is 1.32. The molecule has 0 rings (SSSR count). The highest BCUT2D eigenvalue weighted by Gasteiger charge is 1.97. The van der Waals surface area contributed by atoms with Gasteiger partial charge in [-0.3, -0.25) is 0 Å². The highest BCUT2D eigenvalue weighted by molar-refractivity contribution is 4.61. The highest BCUT2D eigenvalue weighted by Crippen LogP contribution is 1.95. The minimum Gasteiger partial charge on any atom is -0.381 e. The molecule has 0 saturated heterocycles. The molecular weight excluding hydrogens is 174 g/mol. The Morgan fingerprint density at radius 3 is 2.43 bits per heavy atom. The van der Waals surface area contributed by atoms with E-state index in [9.17, 15) is 0 Å². The third-order valence-corrected chi connectivity index (χ3v) is 2.29. The molecule has 0 unspecified atom stereocenters. The van der Waals surface area contributed by atoms with E-state index in [1.165, 1.54) is 6.42 Å². The molecule has 0 aromatic rings. The average molecular weight is 199 g/mol. The molecule has 2 heteroatoms. The van der Waals surface area contributed by atoms with Crippen molar-refractivity contribution >= 4 is 0 Å². The predicted octanol–water partition coefficient (Wildman–Crippen LogP) is 2.62. The summed E-state index contributed by atoms with van der Waals surface area (Å²) in [5.74, 6) is 0. The van der Waals surface area contributed by atoms with Crippen molar-refractivity contribution in [2.75, 3.05) is 32.8 Å². The lowest BCUT2D eigenvalue weighted by Gasteiger charge is -2.17. The van der Waals surface area contributed by atoms with Gasteiger partial charge < -0.3 is 9.64 Å². The van der Waals surface area contributed by atoms with Gasteiger partial charge in [-0.25, -0.2) is 0 Å². The molecular formula is C12H25NO. The normalized spacial score (nSPS) is 11.1. The molecule has 0 aromatic heterocycles. The van der Waals surface area contributed by atoms with Crippen molar-refractivity contribution in [1.29, 1.82) is 0 Å². The topological polar surface area (TPSA) is 12.5 Å². The lowest BCUT2D eigenvalue weighted by molar-refractivity contribution is 0.137. The van der Waals surface area contributed by atoms with Gasteiger partial charge in [0.15, 0.2) is 0 Å². The average Bonchev–Trinajstić information content (AvgIpc) is 2.22. The van der Waals surface area contributed by atoms with Crippen LogP contribution in [0.1, 0.15) is 40.0 Å². The molecule has 0 heterocycles. The van der Waals surface area contributed by atoms with E-state index < -0.39 is 0 Å². The van der Waals surface area contributed by atoms with Gasteiger partial charge in [0.25, 0.3) is 0 Å². The summed E-state index contributed by atoms with van der Waals surface area (Å²) in [6.45, 7) is 11.6. The van der Waals surface area contributed by atoms with Gasteiger partial charge in [-0.1, -0.05) is 27.2 Å². The molecule has 2 radical (unpaired) electrons. The Labute approximate surface area is 89.6 Å². The smallest absolute Gasteiger partial charge is 0.0535 e. The second-order valence-corrected chi connectivity index (χ2v) is 3.43. The molecule has 0 aliphatic carbocycles. The van der Waals surface area contributed by atoms with Crippen LogP contribution < -0.4 is 0 Å². The molecule has 0 fully saturated rings. The van der Waals surface area contributed by atoms with Gasteiger partial charge in [0.05, 0.1) is 6.61 Å². The summed E-state index contributed by atoms with van der Waals surface area (Å²) in [5, 5.41) is 0. The summed E-state index contributed by atoms with van der Waals surface area (Å²) < 4.78 is 5.44. The van der Waals surface area contributed by atoms with Crippen LogP contribution in [0.25, 0.3) is 0 Å². The van der Waals surface area contributed by atoms with E-state index >= 15 is 0 Å². The maximum absolute atomic E-state index is 5.44. The van der Waals surface area contributed by atoms with E-state index in [1.54, 1.807) is 0 Å². The quantitative estimate of drug-likeness (QED) is 0.501. The Morgan fingerprint density at radius 1 is 1.14 bits per heavy atom. The van der Waals surface area contributed by atoms with E-state index in [0.717, 1.165) is 39.1 Å². The summed E-state index contributed by atoms with van der Waals surface area (Å²) >= 11 is 0. The summed E-state index contributed by atoms with van der Waals surface area (Å²) in [5.41, 5.74) is 0. The second kappa shape index (κ2) is 11.0. The molecule has 0 aromatic carbocycles. The van der Waals surface area contributed by atoms with Gasteiger partial charge in [0.2, 0.25) is 0 Å². The maximum atomic E-state index is 5.44. The van der Waals surface area contributed by atoms with Crippen LogP contribution >= 0.6 is 0 Å². The van der Waals surface area contributed by atoms with Crippen molar-refractivity contribution < 1.29 is 4.74 Å². The van der Waals surface area contributed by atoms with Crippen LogP contribution in [0.2, 0.25) is 0 Å². The Bertz CT molecular complexity index is 102. The molecule has 0 amide bonds. The van der Waals surface area contributed by atoms with Gasteiger partial charge in [-0.05, 0) is 25.9 Å². The van der Waals surface area contributed by atoms with E-state index in [4.69, 9.17) is 4.74 Å². The molecule has 14 heavy (non-hydrogen) atoms. The van der Waals surface area contributed by atoms with E-state index in [1.807, 2.05) is 0 Å². The van der Waals surface area contributed by atoms with Crippen LogP contribution in [0, 0.1) is 6.42 Å². The van der Waals surface area contributed by atoms with Gasteiger partial charge in [0.1, 0.15) is 0 Å². The molecule has 0 bridgehead atoms. The minimum atomic E-state index is 0.700. The van der Waals surface area contributed by atoms with Crippen molar-refractivity contribution in [1.82, 2.24) is 4.90 Å². The van der Waals surface area contributed by atoms with Gasteiger partial charge >= 0.3 is 0 Å². The summed E-state index contributed by atoms with van der Waals surface area (Å²) in [6.07, 6.45) is 6.57. The standard InChI is InChI=1S/C12H25NO/c1-4-7-8-11-14-12-9-10-13(5-2)6-3/h4-7,9-12H2,1-3H3. The number of rotatable bonds is 10. The SMILES string of the molecule is CCC[C]COCCCN(CC)CC. The van der Waals surface area contributed by atoms with Gasteiger partial charge in [-0.15, -0.1) is 0 Å². The maximum Gasteiger partial charge on any atom is 0.0535 e. The molecule has 0 spiro atoms. The molecule has 84 valence electrons. The number of nitrogens with zero attached hydrogens (tertiary/aromatic N) is 1. The van der Waals surface area contributed by atoms with Crippen molar-refractivity contribution in [3.05, 3.63) is 6.42 Å². The lowest BCUT2D eigenvalue weighted by atomic mass is 10.3. The Balaban J connectivity index is 3.04. The first-order valence-corrected chi connectivity index (χ1v) is 5.85. The van der Waals surface area contributed by atoms with Crippen LogP contribution in [-0.2, 0) is 4.74 Å². The fraction of sp³-hybridized carbons (Fsp3) is 0.917. The largest absolute Gasteiger partial charge is 0.381 e. The van der Waals surface area contributed by atoms with Crippen LogP contribution in [0.4, 0.5) is 0 Å². The third-order valence-electron chi connectivity index (χ3n) is 2.29. The van der Waals surface area contributed by atoms with E-state index in [2.05, 4.69) is 32.1 Å². The first-order valence-electron chi connectivity index (χ1n) is 5.85. The number of ether oxygens (including phenoxy) is 1. The second-order valence-electron chi connectivity index (χ2n) is 3.43. The van der Waals surface area contributed by atoms with Crippen LogP contribution in [0.3, 0.4) is 0 Å². The van der Waals surface area contributed by atoms with Crippen LogP contribution in [-0.4, -0.2) is 37.7 Å². The number of unbranched alkanes of at least 4 members (excludes halogenated alkanes) is 2. The molecule has 0 N–H and O–H groups in total. The van der Waals surface area contributed by atoms with Crippen LogP contribution in [0.5, 0.6) is 0 Å². The summed E-state index contributed by atoms with van der Waals surface area (Å²) in [7, 11) is 0. The van der Waals surface area contributed by atoms with E-state index in [0.29, 0.717) is 6.61 Å². The minimum absolute atomic E-state index is 0.700. The zero-order valence-corrected chi connectivity index (χ0v) is 10.0. The number of hydrogen-bond acceptors (Lipinski definition) is 2. The summed E-state index contributed by atoms with van der Waals surface area (Å²) in [4.78, 5) is 2.42. The van der Waals surface area contributed by atoms with Crippen molar-refractivity contribution in [3.8, 4) is 0 Å². The lowest BCUT2D eigenvalue weighted by Crippen LogP contribution is -2.24. The fourth-order valence-electron chi connectivity index (χ4n) is 1.32. The summed E-state index contributed by atoms with van der Waals surface area (Å²) in [6, 6.07) is 0. The molecule has 0 saturated carbocycles. The Kier molecular flexibility index (Phi) is 10.9.